The van der Waals surface area contributed by atoms with Gasteiger partial charge in [-0.05, 0) is 36.1 Å². The van der Waals surface area contributed by atoms with E-state index in [4.69, 9.17) is 0 Å². The van der Waals surface area contributed by atoms with Gasteiger partial charge in [0, 0.05) is 6.20 Å². The van der Waals surface area contributed by atoms with Gasteiger partial charge in [0.15, 0.2) is 11.6 Å². The largest absolute Gasteiger partial charge is 0.504 e. The van der Waals surface area contributed by atoms with Crippen LogP contribution in [0.3, 0.4) is 0 Å². The number of amides is 1. The molecule has 0 atom stereocenters. The Morgan fingerprint density at radius 1 is 1.50 bits per heavy atom. The molecule has 0 aliphatic carbocycles. The molecule has 0 fully saturated rings. The Labute approximate surface area is 96.6 Å². The first-order chi connectivity index (χ1) is 7.68. The van der Waals surface area contributed by atoms with Gasteiger partial charge in [0.2, 0.25) is 0 Å². The lowest BCUT2D eigenvalue weighted by Crippen LogP contribution is -2.12. The highest BCUT2D eigenvalue weighted by molar-refractivity contribution is 7.12. The van der Waals surface area contributed by atoms with Gasteiger partial charge in [-0.1, -0.05) is 0 Å². The second kappa shape index (κ2) is 4.32. The van der Waals surface area contributed by atoms with Crippen molar-refractivity contribution < 1.29 is 9.90 Å². The van der Waals surface area contributed by atoms with Gasteiger partial charge in [-0.2, -0.15) is 0 Å². The standard InChI is InChI=1S/C11H10N2O2S/c1-7-4-6-16-9(7)11(15)13-10-8(14)3-2-5-12-10/h2-6,14H,1H3,(H,12,13,15). The summed E-state index contributed by atoms with van der Waals surface area (Å²) in [6.07, 6.45) is 1.51. The Hall–Kier alpha value is -1.88. The quantitative estimate of drug-likeness (QED) is 0.838. The van der Waals surface area contributed by atoms with Crippen molar-refractivity contribution in [1.82, 2.24) is 4.98 Å². The average molecular weight is 234 g/mol. The topological polar surface area (TPSA) is 62.2 Å². The molecule has 0 aromatic carbocycles. The van der Waals surface area contributed by atoms with Gasteiger partial charge in [0.25, 0.3) is 5.91 Å². The number of nitrogens with zero attached hydrogens (tertiary/aromatic N) is 1. The zero-order chi connectivity index (χ0) is 11.5. The molecule has 82 valence electrons. The van der Waals surface area contributed by atoms with Crippen LogP contribution in [0.1, 0.15) is 15.2 Å². The van der Waals surface area contributed by atoms with Crippen molar-refractivity contribution in [2.24, 2.45) is 0 Å². The molecule has 0 aliphatic rings. The first kappa shape index (κ1) is 10.6. The molecule has 4 nitrogen and oxygen atoms in total. The number of pyridine rings is 1. The predicted molar refractivity (Wildman–Crippen MR) is 62.9 cm³/mol. The van der Waals surface area contributed by atoms with Gasteiger partial charge in [0.05, 0.1) is 4.88 Å². The monoisotopic (exact) mass is 234 g/mol. The van der Waals surface area contributed by atoms with E-state index in [1.807, 2.05) is 18.4 Å². The van der Waals surface area contributed by atoms with Gasteiger partial charge >= 0.3 is 0 Å². The summed E-state index contributed by atoms with van der Waals surface area (Å²) in [7, 11) is 0. The van der Waals surface area contributed by atoms with Crippen molar-refractivity contribution >= 4 is 23.1 Å². The molecular formula is C11H10N2O2S. The van der Waals surface area contributed by atoms with Gasteiger partial charge in [0.1, 0.15) is 0 Å². The van der Waals surface area contributed by atoms with Gasteiger partial charge in [-0.15, -0.1) is 11.3 Å². The fourth-order valence-electron chi connectivity index (χ4n) is 1.26. The zero-order valence-corrected chi connectivity index (χ0v) is 9.41. The van der Waals surface area contributed by atoms with Crippen molar-refractivity contribution in [3.05, 3.63) is 40.2 Å². The summed E-state index contributed by atoms with van der Waals surface area (Å²) >= 11 is 1.36. The lowest BCUT2D eigenvalue weighted by atomic mass is 10.3. The number of hydrogen-bond donors (Lipinski definition) is 2. The summed E-state index contributed by atoms with van der Waals surface area (Å²) in [6.45, 7) is 1.86. The molecule has 2 aromatic heterocycles. The number of thiophene rings is 1. The predicted octanol–water partition coefficient (Wildman–Crippen LogP) is 2.41. The fraction of sp³-hybridized carbons (Fsp3) is 0.0909. The molecule has 1 amide bonds. The number of aromatic hydroxyl groups is 1. The summed E-state index contributed by atoms with van der Waals surface area (Å²) in [4.78, 5) is 16.3. The molecule has 2 heterocycles. The van der Waals surface area contributed by atoms with Crippen LogP contribution < -0.4 is 5.32 Å². The van der Waals surface area contributed by atoms with E-state index in [1.54, 1.807) is 6.07 Å². The van der Waals surface area contributed by atoms with E-state index in [9.17, 15) is 9.90 Å². The first-order valence-corrected chi connectivity index (χ1v) is 5.56. The van der Waals surface area contributed by atoms with Crippen molar-refractivity contribution in [3.8, 4) is 5.75 Å². The third kappa shape index (κ3) is 2.04. The van der Waals surface area contributed by atoms with Crippen LogP contribution in [0.25, 0.3) is 0 Å². The van der Waals surface area contributed by atoms with E-state index in [-0.39, 0.29) is 17.5 Å². The average Bonchev–Trinajstić information content (AvgIpc) is 2.68. The fourth-order valence-corrected chi connectivity index (χ4v) is 2.08. The molecule has 0 saturated heterocycles. The van der Waals surface area contributed by atoms with E-state index in [0.29, 0.717) is 4.88 Å². The number of hydrogen-bond acceptors (Lipinski definition) is 4. The molecule has 0 unspecified atom stereocenters. The SMILES string of the molecule is Cc1ccsc1C(=O)Nc1ncccc1O. The Morgan fingerprint density at radius 3 is 2.94 bits per heavy atom. The minimum Gasteiger partial charge on any atom is -0.504 e. The highest BCUT2D eigenvalue weighted by Gasteiger charge is 2.12. The molecule has 0 aliphatic heterocycles. The molecule has 0 bridgehead atoms. The summed E-state index contributed by atoms with van der Waals surface area (Å²) < 4.78 is 0. The smallest absolute Gasteiger partial charge is 0.267 e. The van der Waals surface area contributed by atoms with Crippen LogP contribution in [0.4, 0.5) is 5.82 Å². The Balaban J connectivity index is 2.21. The van der Waals surface area contributed by atoms with Gasteiger partial charge in [-0.3, -0.25) is 4.79 Å². The van der Waals surface area contributed by atoms with Gasteiger partial charge < -0.3 is 10.4 Å². The molecular weight excluding hydrogens is 224 g/mol. The summed E-state index contributed by atoms with van der Waals surface area (Å²) in [5.74, 6) is -0.105. The zero-order valence-electron chi connectivity index (χ0n) is 8.60. The van der Waals surface area contributed by atoms with E-state index in [1.165, 1.54) is 23.6 Å². The lowest BCUT2D eigenvalue weighted by molar-refractivity contribution is 0.102. The van der Waals surface area contributed by atoms with Crippen LogP contribution in [0, 0.1) is 6.92 Å². The van der Waals surface area contributed by atoms with Crippen molar-refractivity contribution in [2.45, 2.75) is 6.92 Å². The molecule has 2 N–H and O–H groups in total. The van der Waals surface area contributed by atoms with Crippen LogP contribution in [-0.4, -0.2) is 16.0 Å². The molecule has 5 heteroatoms. The number of anilines is 1. The molecule has 2 aromatic rings. The van der Waals surface area contributed by atoms with Crippen LogP contribution in [0.2, 0.25) is 0 Å². The second-order valence-electron chi connectivity index (χ2n) is 3.26. The number of carbonyl (C=O) groups is 1. The number of aryl methyl sites for hydroxylation is 1. The first-order valence-electron chi connectivity index (χ1n) is 4.68. The number of aromatic nitrogens is 1. The third-order valence-corrected chi connectivity index (χ3v) is 3.10. The van der Waals surface area contributed by atoms with E-state index in [2.05, 4.69) is 10.3 Å². The Bertz CT molecular complexity index is 522. The third-order valence-electron chi connectivity index (χ3n) is 2.09. The molecule has 0 spiro atoms. The minimum atomic E-state index is -0.249. The van der Waals surface area contributed by atoms with Gasteiger partial charge in [-0.25, -0.2) is 4.98 Å². The molecule has 0 saturated carbocycles. The number of carbonyl (C=O) groups excluding carboxylic acids is 1. The van der Waals surface area contributed by atoms with Crippen LogP contribution >= 0.6 is 11.3 Å². The number of rotatable bonds is 2. The van der Waals surface area contributed by atoms with Crippen molar-refractivity contribution in [1.29, 1.82) is 0 Å². The van der Waals surface area contributed by atoms with E-state index in [0.717, 1.165) is 5.56 Å². The Kier molecular flexibility index (Phi) is 2.87. The maximum atomic E-state index is 11.8. The summed E-state index contributed by atoms with van der Waals surface area (Å²) in [6, 6.07) is 4.95. The summed E-state index contributed by atoms with van der Waals surface area (Å²) in [5, 5.41) is 13.9. The maximum absolute atomic E-state index is 11.8. The highest BCUT2D eigenvalue weighted by Crippen LogP contribution is 2.21. The molecule has 2 rings (SSSR count). The second-order valence-corrected chi connectivity index (χ2v) is 4.17. The lowest BCUT2D eigenvalue weighted by Gasteiger charge is -2.04. The highest BCUT2D eigenvalue weighted by atomic mass is 32.1. The minimum absolute atomic E-state index is 0.0370. The molecule has 16 heavy (non-hydrogen) atoms. The molecule has 0 radical (unpaired) electrons. The summed E-state index contributed by atoms with van der Waals surface area (Å²) in [5.41, 5.74) is 0.915. The van der Waals surface area contributed by atoms with E-state index >= 15 is 0 Å². The van der Waals surface area contributed by atoms with Crippen LogP contribution in [-0.2, 0) is 0 Å². The van der Waals surface area contributed by atoms with Crippen molar-refractivity contribution in [3.63, 3.8) is 0 Å². The van der Waals surface area contributed by atoms with E-state index < -0.39 is 0 Å². The number of nitrogens with one attached hydrogen (secondary N) is 1. The normalized spacial score (nSPS) is 10.1. The van der Waals surface area contributed by atoms with Crippen LogP contribution in [0.5, 0.6) is 5.75 Å². The maximum Gasteiger partial charge on any atom is 0.267 e. The van der Waals surface area contributed by atoms with Crippen LogP contribution in [0.15, 0.2) is 29.8 Å². The Morgan fingerprint density at radius 2 is 2.31 bits per heavy atom. The van der Waals surface area contributed by atoms with Crippen molar-refractivity contribution in [2.75, 3.05) is 5.32 Å².